The molecule has 1 amide bonds. The van der Waals surface area contributed by atoms with Crippen LogP contribution in [0.5, 0.6) is 0 Å². The number of carbonyl (C=O) groups is 1. The molecule has 1 aliphatic carbocycles. The van der Waals surface area contributed by atoms with Gasteiger partial charge in [-0.15, -0.1) is 0 Å². The van der Waals surface area contributed by atoms with Crippen LogP contribution in [0.1, 0.15) is 32.6 Å². The Bertz CT molecular complexity index is 267. The van der Waals surface area contributed by atoms with Gasteiger partial charge in [0.25, 0.3) is 0 Å². The Balaban J connectivity index is 1.78. The van der Waals surface area contributed by atoms with Crippen molar-refractivity contribution in [2.24, 2.45) is 5.92 Å². The van der Waals surface area contributed by atoms with Gasteiger partial charge in [0, 0.05) is 13.0 Å². The minimum atomic E-state index is -0.0145. The van der Waals surface area contributed by atoms with E-state index >= 15 is 0 Å². The third-order valence-corrected chi connectivity index (χ3v) is 3.37. The van der Waals surface area contributed by atoms with Crippen LogP contribution in [0.4, 0.5) is 0 Å². The van der Waals surface area contributed by atoms with Gasteiger partial charge in [-0.3, -0.25) is 4.79 Å². The molecule has 1 fully saturated rings. The predicted molar refractivity (Wildman–Crippen MR) is 60.5 cm³/mol. The number of allylic oxidation sites excluding steroid dienone is 2. The van der Waals surface area contributed by atoms with E-state index in [1.54, 1.807) is 0 Å². The normalized spacial score (nSPS) is 34.6. The van der Waals surface area contributed by atoms with Crippen molar-refractivity contribution < 1.29 is 4.79 Å². The molecule has 2 rings (SSSR count). The van der Waals surface area contributed by atoms with Gasteiger partial charge >= 0.3 is 0 Å². The quantitative estimate of drug-likeness (QED) is 0.684. The van der Waals surface area contributed by atoms with Gasteiger partial charge in [0.15, 0.2) is 0 Å². The largest absolute Gasteiger partial charge is 0.350 e. The van der Waals surface area contributed by atoms with E-state index in [0.29, 0.717) is 12.3 Å². The summed E-state index contributed by atoms with van der Waals surface area (Å²) >= 11 is 0. The lowest BCUT2D eigenvalue weighted by molar-refractivity contribution is -0.123. The zero-order valence-corrected chi connectivity index (χ0v) is 9.38. The Labute approximate surface area is 91.3 Å². The van der Waals surface area contributed by atoms with Crippen LogP contribution in [0.2, 0.25) is 0 Å². The van der Waals surface area contributed by atoms with Crippen molar-refractivity contribution in [3.05, 3.63) is 12.2 Å². The van der Waals surface area contributed by atoms with Crippen LogP contribution in [0, 0.1) is 5.92 Å². The second-order valence-electron chi connectivity index (χ2n) is 5.01. The van der Waals surface area contributed by atoms with Gasteiger partial charge in [-0.25, -0.2) is 0 Å². The van der Waals surface area contributed by atoms with E-state index in [1.165, 1.54) is 0 Å². The van der Waals surface area contributed by atoms with Gasteiger partial charge in [0.2, 0.25) is 5.91 Å². The third kappa shape index (κ3) is 2.81. The molecule has 2 aliphatic rings. The number of rotatable bonds is 3. The lowest BCUT2D eigenvalue weighted by atomic mass is 9.99. The number of hydrogen-bond donors (Lipinski definition) is 2. The molecule has 2 atom stereocenters. The van der Waals surface area contributed by atoms with Crippen LogP contribution >= 0.6 is 0 Å². The van der Waals surface area contributed by atoms with Crippen LogP contribution in [0.3, 0.4) is 0 Å². The van der Waals surface area contributed by atoms with E-state index in [0.717, 1.165) is 32.4 Å². The molecule has 0 bridgehead atoms. The minimum absolute atomic E-state index is 0.0145. The molecular weight excluding hydrogens is 188 g/mol. The smallest absolute Gasteiger partial charge is 0.221 e. The van der Waals surface area contributed by atoms with E-state index < -0.39 is 0 Å². The minimum Gasteiger partial charge on any atom is -0.350 e. The van der Waals surface area contributed by atoms with Gasteiger partial charge in [-0.05, 0) is 38.6 Å². The van der Waals surface area contributed by atoms with Crippen molar-refractivity contribution in [2.45, 2.75) is 38.1 Å². The number of nitrogens with one attached hydrogen (secondary N) is 2. The summed E-state index contributed by atoms with van der Waals surface area (Å²) in [6.07, 6.45) is 8.33. The molecule has 0 saturated carbocycles. The maximum atomic E-state index is 11.8. The van der Waals surface area contributed by atoms with Crippen LogP contribution in [-0.4, -0.2) is 24.5 Å². The molecule has 0 aromatic carbocycles. The molecule has 2 N–H and O–H groups in total. The predicted octanol–water partition coefficient (Wildman–Crippen LogP) is 1.21. The average molecular weight is 208 g/mol. The Morgan fingerprint density at radius 3 is 3.13 bits per heavy atom. The van der Waals surface area contributed by atoms with Crippen molar-refractivity contribution in [2.75, 3.05) is 13.1 Å². The van der Waals surface area contributed by atoms with E-state index in [1.807, 2.05) is 0 Å². The van der Waals surface area contributed by atoms with Gasteiger partial charge < -0.3 is 10.6 Å². The van der Waals surface area contributed by atoms with Crippen molar-refractivity contribution >= 4 is 5.91 Å². The Morgan fingerprint density at radius 1 is 1.67 bits per heavy atom. The first-order valence-corrected chi connectivity index (χ1v) is 5.86. The lowest BCUT2D eigenvalue weighted by Crippen LogP contribution is -2.47. The molecule has 0 aromatic heterocycles. The molecule has 84 valence electrons. The molecule has 1 saturated heterocycles. The number of amides is 1. The summed E-state index contributed by atoms with van der Waals surface area (Å²) in [5, 5.41) is 6.43. The van der Waals surface area contributed by atoms with Gasteiger partial charge in [-0.2, -0.15) is 0 Å². The van der Waals surface area contributed by atoms with Crippen molar-refractivity contribution in [3.8, 4) is 0 Å². The zero-order chi connectivity index (χ0) is 10.7. The first-order valence-electron chi connectivity index (χ1n) is 5.86. The van der Waals surface area contributed by atoms with E-state index in [-0.39, 0.29) is 11.4 Å². The van der Waals surface area contributed by atoms with Crippen LogP contribution in [0.25, 0.3) is 0 Å². The summed E-state index contributed by atoms with van der Waals surface area (Å²) in [6.45, 7) is 4.04. The molecule has 3 nitrogen and oxygen atoms in total. The number of hydrogen-bond acceptors (Lipinski definition) is 2. The van der Waals surface area contributed by atoms with E-state index in [9.17, 15) is 4.79 Å². The van der Waals surface area contributed by atoms with Crippen molar-refractivity contribution in [1.29, 1.82) is 0 Å². The SMILES string of the molecule is CC1(NC(=O)CC2C=CCC2)CCNC1. The van der Waals surface area contributed by atoms with Crippen LogP contribution in [-0.2, 0) is 4.79 Å². The highest BCUT2D eigenvalue weighted by molar-refractivity contribution is 5.77. The summed E-state index contributed by atoms with van der Waals surface area (Å²) in [5.41, 5.74) is -0.0145. The molecule has 1 heterocycles. The topological polar surface area (TPSA) is 41.1 Å². The summed E-state index contributed by atoms with van der Waals surface area (Å²) in [7, 11) is 0. The van der Waals surface area contributed by atoms with Gasteiger partial charge in [0.05, 0.1) is 5.54 Å². The zero-order valence-electron chi connectivity index (χ0n) is 9.38. The summed E-state index contributed by atoms with van der Waals surface area (Å²) < 4.78 is 0. The highest BCUT2D eigenvalue weighted by atomic mass is 16.1. The summed E-state index contributed by atoms with van der Waals surface area (Å²) in [6, 6.07) is 0. The maximum Gasteiger partial charge on any atom is 0.221 e. The fraction of sp³-hybridized carbons (Fsp3) is 0.750. The van der Waals surface area contributed by atoms with E-state index in [4.69, 9.17) is 0 Å². The van der Waals surface area contributed by atoms with Crippen molar-refractivity contribution in [3.63, 3.8) is 0 Å². The first kappa shape index (κ1) is 10.7. The second-order valence-corrected chi connectivity index (χ2v) is 5.01. The first-order chi connectivity index (χ1) is 7.18. The van der Waals surface area contributed by atoms with Gasteiger partial charge in [-0.1, -0.05) is 12.2 Å². The molecule has 15 heavy (non-hydrogen) atoms. The summed E-state index contributed by atoms with van der Waals surface area (Å²) in [5.74, 6) is 0.681. The molecule has 0 aromatic rings. The van der Waals surface area contributed by atoms with E-state index in [2.05, 4.69) is 29.7 Å². The average Bonchev–Trinajstić information content (AvgIpc) is 2.76. The third-order valence-electron chi connectivity index (χ3n) is 3.37. The van der Waals surface area contributed by atoms with Gasteiger partial charge in [0.1, 0.15) is 0 Å². The summed E-state index contributed by atoms with van der Waals surface area (Å²) in [4.78, 5) is 11.8. The highest BCUT2D eigenvalue weighted by Crippen LogP contribution is 2.21. The molecule has 1 aliphatic heterocycles. The van der Waals surface area contributed by atoms with Crippen LogP contribution in [0.15, 0.2) is 12.2 Å². The molecule has 0 spiro atoms. The fourth-order valence-electron chi connectivity index (χ4n) is 2.41. The molecular formula is C12H20N2O. The Hall–Kier alpha value is -0.830. The molecule has 2 unspecified atom stereocenters. The Morgan fingerprint density at radius 2 is 2.53 bits per heavy atom. The number of carbonyl (C=O) groups excluding carboxylic acids is 1. The van der Waals surface area contributed by atoms with Crippen LogP contribution < -0.4 is 10.6 Å². The Kier molecular flexibility index (Phi) is 3.10. The molecule has 3 heteroatoms. The maximum absolute atomic E-state index is 11.8. The second kappa shape index (κ2) is 4.35. The standard InChI is InChI=1S/C12H20N2O/c1-12(6-7-13-9-12)14-11(15)8-10-4-2-3-5-10/h2,4,10,13H,3,5-9H2,1H3,(H,14,15). The molecule has 0 radical (unpaired) electrons. The monoisotopic (exact) mass is 208 g/mol. The van der Waals surface area contributed by atoms with Crippen molar-refractivity contribution in [1.82, 2.24) is 10.6 Å². The fourth-order valence-corrected chi connectivity index (χ4v) is 2.41. The lowest BCUT2D eigenvalue weighted by Gasteiger charge is -2.25. The highest BCUT2D eigenvalue weighted by Gasteiger charge is 2.30.